The van der Waals surface area contributed by atoms with E-state index in [9.17, 15) is 9.59 Å². The summed E-state index contributed by atoms with van der Waals surface area (Å²) in [6.07, 6.45) is 0.382. The van der Waals surface area contributed by atoms with E-state index in [1.165, 1.54) is 0 Å². The van der Waals surface area contributed by atoms with Gasteiger partial charge >= 0.3 is 0 Å². The molecule has 26 heavy (non-hydrogen) atoms. The zero-order chi connectivity index (χ0) is 19.0. The molecule has 5 nitrogen and oxygen atoms in total. The van der Waals surface area contributed by atoms with Gasteiger partial charge in [-0.05, 0) is 23.1 Å². The van der Waals surface area contributed by atoms with Gasteiger partial charge in [0.2, 0.25) is 5.91 Å². The van der Waals surface area contributed by atoms with Crippen molar-refractivity contribution in [3.8, 4) is 0 Å². The maximum atomic E-state index is 12.3. The summed E-state index contributed by atoms with van der Waals surface area (Å²) in [5, 5.41) is 4.47. The lowest BCUT2D eigenvalue weighted by Gasteiger charge is -2.26. The Bertz CT molecular complexity index is 709. The summed E-state index contributed by atoms with van der Waals surface area (Å²) in [5.74, 6) is -0.381. The minimum absolute atomic E-state index is 0.0486. The molecule has 0 aliphatic rings. The molecule has 0 bridgehead atoms. The Balaban J connectivity index is 1.98. The van der Waals surface area contributed by atoms with Crippen molar-refractivity contribution in [1.82, 2.24) is 10.7 Å². The van der Waals surface area contributed by atoms with E-state index in [2.05, 4.69) is 10.7 Å². The molecular formula is C21H27N3O2. The van der Waals surface area contributed by atoms with Crippen molar-refractivity contribution in [2.75, 3.05) is 11.6 Å². The van der Waals surface area contributed by atoms with Crippen LogP contribution in [0.2, 0.25) is 0 Å². The van der Waals surface area contributed by atoms with E-state index in [1.807, 2.05) is 81.4 Å². The van der Waals surface area contributed by atoms with Crippen LogP contribution in [-0.4, -0.2) is 18.4 Å². The molecular weight excluding hydrogens is 326 g/mol. The molecule has 2 amide bonds. The molecule has 2 N–H and O–H groups in total. The second-order valence-corrected chi connectivity index (χ2v) is 7.46. The number of nitrogens with zero attached hydrogens (tertiary/aromatic N) is 1. The third-order valence-corrected chi connectivity index (χ3v) is 3.65. The molecule has 0 aliphatic heterocycles. The van der Waals surface area contributed by atoms with E-state index in [-0.39, 0.29) is 23.8 Å². The fourth-order valence-corrected chi connectivity index (χ4v) is 2.48. The first-order valence-electron chi connectivity index (χ1n) is 8.76. The number of hydrazine groups is 1. The second-order valence-electron chi connectivity index (χ2n) is 7.46. The van der Waals surface area contributed by atoms with E-state index in [4.69, 9.17) is 0 Å². The van der Waals surface area contributed by atoms with Crippen molar-refractivity contribution in [3.63, 3.8) is 0 Å². The first-order chi connectivity index (χ1) is 12.3. The van der Waals surface area contributed by atoms with Crippen molar-refractivity contribution >= 4 is 17.5 Å². The number of hydrogen-bond acceptors (Lipinski definition) is 3. The summed E-state index contributed by atoms with van der Waals surface area (Å²) in [5.41, 5.74) is 4.73. The molecule has 0 spiro atoms. The summed E-state index contributed by atoms with van der Waals surface area (Å²) in [6.45, 7) is 6.45. The first-order valence-corrected chi connectivity index (χ1v) is 8.76. The van der Waals surface area contributed by atoms with Crippen LogP contribution >= 0.6 is 0 Å². The number of benzene rings is 2. The van der Waals surface area contributed by atoms with Crippen LogP contribution in [0.15, 0.2) is 60.7 Å². The van der Waals surface area contributed by atoms with Gasteiger partial charge < -0.3 is 5.32 Å². The van der Waals surface area contributed by atoms with Crippen LogP contribution in [-0.2, 0) is 16.1 Å². The van der Waals surface area contributed by atoms with Gasteiger partial charge in [-0.15, -0.1) is 0 Å². The lowest BCUT2D eigenvalue weighted by molar-refractivity contribution is -0.127. The highest BCUT2D eigenvalue weighted by Crippen LogP contribution is 2.17. The second kappa shape index (κ2) is 9.04. The van der Waals surface area contributed by atoms with Gasteiger partial charge in [0.1, 0.15) is 0 Å². The maximum absolute atomic E-state index is 12.3. The van der Waals surface area contributed by atoms with Gasteiger partial charge in [0.05, 0.1) is 18.8 Å². The monoisotopic (exact) mass is 353 g/mol. The third kappa shape index (κ3) is 6.97. The van der Waals surface area contributed by atoms with Gasteiger partial charge in [-0.3, -0.25) is 20.0 Å². The lowest BCUT2D eigenvalue weighted by atomic mass is 9.92. The van der Waals surface area contributed by atoms with Crippen molar-refractivity contribution in [2.45, 2.75) is 33.7 Å². The van der Waals surface area contributed by atoms with E-state index < -0.39 is 0 Å². The zero-order valence-electron chi connectivity index (χ0n) is 15.7. The fourth-order valence-electron chi connectivity index (χ4n) is 2.48. The van der Waals surface area contributed by atoms with Gasteiger partial charge in [-0.1, -0.05) is 69.3 Å². The van der Waals surface area contributed by atoms with Gasteiger partial charge in [0, 0.05) is 6.42 Å². The molecule has 0 aliphatic carbocycles. The Hall–Kier alpha value is -2.82. The number of carbonyl (C=O) groups is 2. The largest absolute Gasteiger partial charge is 0.347 e. The molecule has 0 radical (unpaired) electrons. The van der Waals surface area contributed by atoms with Crippen molar-refractivity contribution < 1.29 is 9.59 Å². The molecule has 0 saturated heterocycles. The van der Waals surface area contributed by atoms with Crippen molar-refractivity contribution in [2.24, 2.45) is 5.41 Å². The standard InChI is InChI=1S/C21H27N3O2/c1-21(2,3)14-19(25)22-15-20(26)23-24(18-12-8-5-9-13-18)16-17-10-6-4-7-11-17/h4-13H,14-16H2,1-3H3,(H,22,25)(H,23,26). The Labute approximate surface area is 155 Å². The number of rotatable bonds is 7. The molecule has 0 fully saturated rings. The first kappa shape index (κ1) is 19.5. The van der Waals surface area contributed by atoms with E-state index in [1.54, 1.807) is 5.01 Å². The van der Waals surface area contributed by atoms with Crippen LogP contribution in [0.1, 0.15) is 32.8 Å². The Kier molecular flexibility index (Phi) is 6.78. The van der Waals surface area contributed by atoms with E-state index in [0.29, 0.717) is 13.0 Å². The minimum Gasteiger partial charge on any atom is -0.347 e. The van der Waals surface area contributed by atoms with E-state index >= 15 is 0 Å². The molecule has 0 aromatic heterocycles. The van der Waals surface area contributed by atoms with Gasteiger partial charge in [0.15, 0.2) is 0 Å². The van der Waals surface area contributed by atoms with Crippen LogP contribution in [0, 0.1) is 5.41 Å². The third-order valence-electron chi connectivity index (χ3n) is 3.65. The number of para-hydroxylation sites is 1. The normalized spacial score (nSPS) is 10.9. The summed E-state index contributed by atoms with van der Waals surface area (Å²) in [4.78, 5) is 24.2. The molecule has 0 heterocycles. The number of amides is 2. The molecule has 5 heteroatoms. The van der Waals surface area contributed by atoms with Crippen molar-refractivity contribution in [1.29, 1.82) is 0 Å². The highest BCUT2D eigenvalue weighted by atomic mass is 16.2. The molecule has 2 rings (SSSR count). The average molecular weight is 353 g/mol. The maximum Gasteiger partial charge on any atom is 0.257 e. The quantitative estimate of drug-likeness (QED) is 0.751. The summed E-state index contributed by atoms with van der Waals surface area (Å²) >= 11 is 0. The highest BCUT2D eigenvalue weighted by molar-refractivity contribution is 5.85. The number of carbonyl (C=O) groups excluding carboxylic acids is 2. The number of hydrogen-bond donors (Lipinski definition) is 2. The fraction of sp³-hybridized carbons (Fsp3) is 0.333. The lowest BCUT2D eigenvalue weighted by Crippen LogP contribution is -2.46. The topological polar surface area (TPSA) is 61.4 Å². The van der Waals surface area contributed by atoms with Crippen LogP contribution in [0.5, 0.6) is 0 Å². The molecule has 2 aromatic carbocycles. The highest BCUT2D eigenvalue weighted by Gasteiger charge is 2.17. The van der Waals surface area contributed by atoms with E-state index in [0.717, 1.165) is 11.3 Å². The Morgan fingerprint density at radius 3 is 2.04 bits per heavy atom. The van der Waals surface area contributed by atoms with Crippen LogP contribution in [0.4, 0.5) is 5.69 Å². The predicted octanol–water partition coefficient (Wildman–Crippen LogP) is 3.28. The summed E-state index contributed by atoms with van der Waals surface area (Å²) in [7, 11) is 0. The van der Waals surface area contributed by atoms with Crippen molar-refractivity contribution in [3.05, 3.63) is 66.2 Å². The average Bonchev–Trinajstić information content (AvgIpc) is 2.60. The number of anilines is 1. The smallest absolute Gasteiger partial charge is 0.257 e. The Morgan fingerprint density at radius 1 is 0.885 bits per heavy atom. The Morgan fingerprint density at radius 2 is 1.46 bits per heavy atom. The van der Waals surface area contributed by atoms with Gasteiger partial charge in [-0.25, -0.2) is 0 Å². The molecule has 0 saturated carbocycles. The number of nitrogens with one attached hydrogen (secondary N) is 2. The summed E-state index contributed by atoms with van der Waals surface area (Å²) < 4.78 is 0. The van der Waals surface area contributed by atoms with Crippen LogP contribution < -0.4 is 15.8 Å². The molecule has 138 valence electrons. The predicted molar refractivity (Wildman–Crippen MR) is 104 cm³/mol. The SMILES string of the molecule is CC(C)(C)CC(=O)NCC(=O)NN(Cc1ccccc1)c1ccccc1. The molecule has 2 aromatic rings. The molecule has 0 atom stereocenters. The van der Waals surface area contributed by atoms with Crippen LogP contribution in [0.3, 0.4) is 0 Å². The zero-order valence-corrected chi connectivity index (χ0v) is 15.7. The minimum atomic E-state index is -0.257. The molecule has 0 unspecified atom stereocenters. The van der Waals surface area contributed by atoms with Gasteiger partial charge in [-0.2, -0.15) is 0 Å². The summed E-state index contributed by atoms with van der Waals surface area (Å²) in [6, 6.07) is 19.5. The van der Waals surface area contributed by atoms with Gasteiger partial charge in [0.25, 0.3) is 5.91 Å². The van der Waals surface area contributed by atoms with Crippen LogP contribution in [0.25, 0.3) is 0 Å².